The van der Waals surface area contributed by atoms with Gasteiger partial charge in [0.1, 0.15) is 6.61 Å². The van der Waals surface area contributed by atoms with Crippen LogP contribution in [0.4, 0.5) is 4.39 Å². The number of ether oxygens (including phenoxy) is 1. The predicted molar refractivity (Wildman–Crippen MR) is 57.4 cm³/mol. The lowest BCUT2D eigenvalue weighted by Gasteiger charge is -2.08. The summed E-state index contributed by atoms with van der Waals surface area (Å²) in [6.45, 7) is 6.33. The molecule has 1 N–H and O–H groups in total. The Labute approximate surface area is 89.7 Å². The lowest BCUT2D eigenvalue weighted by atomic mass is 10.2. The summed E-state index contributed by atoms with van der Waals surface area (Å²) < 4.78 is 18.2. The minimum Gasteiger partial charge on any atom is -0.474 e. The van der Waals surface area contributed by atoms with Crippen molar-refractivity contribution in [3.63, 3.8) is 0 Å². The van der Waals surface area contributed by atoms with E-state index in [1.54, 1.807) is 6.07 Å². The molecule has 0 bridgehead atoms. The van der Waals surface area contributed by atoms with Crippen LogP contribution in [0.15, 0.2) is 18.3 Å². The average molecular weight is 212 g/mol. The van der Waals surface area contributed by atoms with Gasteiger partial charge in [-0.3, -0.25) is 0 Å². The Bertz CT molecular complexity index is 292. The van der Waals surface area contributed by atoms with Gasteiger partial charge in [0.25, 0.3) is 0 Å². The Kier molecular flexibility index (Phi) is 5.04. The van der Waals surface area contributed by atoms with Gasteiger partial charge >= 0.3 is 0 Å². The molecule has 0 atom stereocenters. The van der Waals surface area contributed by atoms with Crippen LogP contribution in [0, 0.1) is 11.7 Å². The number of pyridine rings is 1. The fraction of sp³-hybridized carbons (Fsp3) is 0.545. The maximum absolute atomic E-state index is 13.0. The minimum atomic E-state index is -0.415. The van der Waals surface area contributed by atoms with Crippen LogP contribution in [0.3, 0.4) is 0 Å². The molecule has 15 heavy (non-hydrogen) atoms. The first kappa shape index (κ1) is 11.9. The summed E-state index contributed by atoms with van der Waals surface area (Å²) in [5.41, 5.74) is 0. The van der Waals surface area contributed by atoms with Crippen molar-refractivity contribution in [2.45, 2.75) is 13.8 Å². The van der Waals surface area contributed by atoms with Crippen LogP contribution in [-0.4, -0.2) is 24.7 Å². The highest BCUT2D eigenvalue weighted by Gasteiger charge is 2.02. The van der Waals surface area contributed by atoms with Gasteiger partial charge in [-0.2, -0.15) is 0 Å². The van der Waals surface area contributed by atoms with E-state index in [1.807, 2.05) is 0 Å². The van der Waals surface area contributed by atoms with Crippen molar-refractivity contribution in [1.82, 2.24) is 10.3 Å². The summed E-state index contributed by atoms with van der Waals surface area (Å²) in [4.78, 5) is 3.79. The quantitative estimate of drug-likeness (QED) is 0.731. The number of hydrogen-bond donors (Lipinski definition) is 1. The fourth-order valence-electron chi connectivity index (χ4n) is 1.09. The smallest absolute Gasteiger partial charge is 0.250 e. The lowest BCUT2D eigenvalue weighted by Crippen LogP contribution is -2.25. The zero-order valence-corrected chi connectivity index (χ0v) is 9.16. The minimum absolute atomic E-state index is 0.0730. The zero-order valence-electron chi connectivity index (χ0n) is 9.16. The molecule has 4 heteroatoms. The van der Waals surface area contributed by atoms with Gasteiger partial charge in [0.15, 0.2) is 5.82 Å². The molecule has 0 unspecified atom stereocenters. The topological polar surface area (TPSA) is 34.1 Å². The van der Waals surface area contributed by atoms with Crippen molar-refractivity contribution in [2.24, 2.45) is 5.92 Å². The van der Waals surface area contributed by atoms with Gasteiger partial charge in [-0.15, -0.1) is 0 Å². The lowest BCUT2D eigenvalue weighted by molar-refractivity contribution is 0.284. The summed E-state index contributed by atoms with van der Waals surface area (Å²) >= 11 is 0. The van der Waals surface area contributed by atoms with Crippen LogP contribution >= 0.6 is 0 Å². The van der Waals surface area contributed by atoms with Gasteiger partial charge in [0, 0.05) is 12.7 Å². The molecule has 0 spiro atoms. The Balaban J connectivity index is 2.18. The second kappa shape index (κ2) is 6.35. The first-order valence-corrected chi connectivity index (χ1v) is 5.14. The molecule has 1 aromatic heterocycles. The van der Waals surface area contributed by atoms with Gasteiger partial charge in [-0.25, -0.2) is 9.37 Å². The molecule has 0 saturated carbocycles. The van der Waals surface area contributed by atoms with Crippen LogP contribution < -0.4 is 10.1 Å². The molecule has 0 aliphatic carbocycles. The summed E-state index contributed by atoms with van der Waals surface area (Å²) in [6.07, 6.45) is 1.51. The predicted octanol–water partition coefficient (Wildman–Crippen LogP) is 1.85. The van der Waals surface area contributed by atoms with Crippen molar-refractivity contribution >= 4 is 0 Å². The van der Waals surface area contributed by atoms with Crippen molar-refractivity contribution in [3.05, 3.63) is 24.1 Å². The first-order valence-electron chi connectivity index (χ1n) is 5.14. The van der Waals surface area contributed by atoms with E-state index in [2.05, 4.69) is 24.1 Å². The Morgan fingerprint density at radius 2 is 2.33 bits per heavy atom. The van der Waals surface area contributed by atoms with Crippen LogP contribution in [0.2, 0.25) is 0 Å². The average Bonchev–Trinajstić information content (AvgIpc) is 2.20. The van der Waals surface area contributed by atoms with E-state index in [4.69, 9.17) is 4.74 Å². The Morgan fingerprint density at radius 1 is 1.53 bits per heavy atom. The van der Waals surface area contributed by atoms with Crippen LogP contribution in [-0.2, 0) is 0 Å². The molecular formula is C11H17FN2O. The first-order chi connectivity index (χ1) is 7.20. The molecule has 0 fully saturated rings. The van der Waals surface area contributed by atoms with Gasteiger partial charge in [-0.1, -0.05) is 13.8 Å². The number of aromatic nitrogens is 1. The molecule has 0 saturated heterocycles. The summed E-state index contributed by atoms with van der Waals surface area (Å²) in [5.74, 6) is 0.266. The molecule has 0 aliphatic heterocycles. The largest absolute Gasteiger partial charge is 0.474 e. The SMILES string of the molecule is CC(C)CNCCOc1ncccc1F. The second-order valence-corrected chi connectivity index (χ2v) is 3.74. The van der Waals surface area contributed by atoms with Crippen LogP contribution in [0.25, 0.3) is 0 Å². The molecule has 0 aliphatic rings. The molecule has 0 radical (unpaired) electrons. The molecule has 1 aromatic rings. The maximum Gasteiger partial charge on any atom is 0.250 e. The van der Waals surface area contributed by atoms with E-state index < -0.39 is 5.82 Å². The molecule has 0 amide bonds. The fourth-order valence-corrected chi connectivity index (χ4v) is 1.09. The van der Waals surface area contributed by atoms with E-state index in [0.717, 1.165) is 6.54 Å². The number of hydrogen-bond acceptors (Lipinski definition) is 3. The highest BCUT2D eigenvalue weighted by Crippen LogP contribution is 2.10. The number of nitrogens with zero attached hydrogens (tertiary/aromatic N) is 1. The van der Waals surface area contributed by atoms with Crippen molar-refractivity contribution < 1.29 is 9.13 Å². The van der Waals surface area contributed by atoms with Gasteiger partial charge in [0.05, 0.1) is 0 Å². The monoisotopic (exact) mass is 212 g/mol. The standard InChI is InChI=1S/C11H17FN2O/c1-9(2)8-13-6-7-15-11-10(12)4-3-5-14-11/h3-5,9,13H,6-8H2,1-2H3. The van der Waals surface area contributed by atoms with Gasteiger partial charge < -0.3 is 10.1 Å². The maximum atomic E-state index is 13.0. The Hall–Kier alpha value is -1.16. The van der Waals surface area contributed by atoms with E-state index in [1.165, 1.54) is 12.3 Å². The third-order valence-electron chi connectivity index (χ3n) is 1.79. The summed E-state index contributed by atoms with van der Waals surface area (Å²) in [6, 6.07) is 2.88. The number of nitrogens with one attached hydrogen (secondary N) is 1. The van der Waals surface area contributed by atoms with Crippen LogP contribution in [0.1, 0.15) is 13.8 Å². The molecular weight excluding hydrogens is 195 g/mol. The van der Waals surface area contributed by atoms with E-state index in [0.29, 0.717) is 19.1 Å². The zero-order chi connectivity index (χ0) is 11.1. The summed E-state index contributed by atoms with van der Waals surface area (Å²) in [5, 5.41) is 3.20. The Morgan fingerprint density at radius 3 is 3.00 bits per heavy atom. The van der Waals surface area contributed by atoms with E-state index in [-0.39, 0.29) is 5.88 Å². The number of rotatable bonds is 6. The molecule has 0 aromatic carbocycles. The van der Waals surface area contributed by atoms with Crippen molar-refractivity contribution in [2.75, 3.05) is 19.7 Å². The van der Waals surface area contributed by atoms with Crippen molar-refractivity contribution in [3.8, 4) is 5.88 Å². The van der Waals surface area contributed by atoms with E-state index >= 15 is 0 Å². The third-order valence-corrected chi connectivity index (χ3v) is 1.79. The van der Waals surface area contributed by atoms with Gasteiger partial charge in [0.2, 0.25) is 5.88 Å². The molecule has 3 nitrogen and oxygen atoms in total. The normalized spacial score (nSPS) is 10.7. The summed E-state index contributed by atoms with van der Waals surface area (Å²) in [7, 11) is 0. The van der Waals surface area contributed by atoms with Crippen molar-refractivity contribution in [1.29, 1.82) is 0 Å². The molecule has 1 rings (SSSR count). The molecule has 1 heterocycles. The molecule has 84 valence electrons. The highest BCUT2D eigenvalue weighted by molar-refractivity contribution is 5.12. The second-order valence-electron chi connectivity index (χ2n) is 3.74. The van der Waals surface area contributed by atoms with E-state index in [9.17, 15) is 4.39 Å². The van der Waals surface area contributed by atoms with Crippen LogP contribution in [0.5, 0.6) is 5.88 Å². The van der Waals surface area contributed by atoms with Gasteiger partial charge in [-0.05, 0) is 24.6 Å². The number of halogens is 1. The third kappa shape index (κ3) is 4.74. The highest BCUT2D eigenvalue weighted by atomic mass is 19.1.